The maximum Gasteiger partial charge on any atom is 0.0122 e. The largest absolute Gasteiger partial charge is 0.317 e. The van der Waals surface area contributed by atoms with E-state index >= 15 is 0 Å². The molecule has 1 saturated carbocycles. The number of hydrogen-bond donors (Lipinski definition) is 1. The lowest BCUT2D eigenvalue weighted by molar-refractivity contribution is 0.161. The molecule has 2 heteroatoms. The molecule has 0 aromatic carbocycles. The zero-order valence-corrected chi connectivity index (χ0v) is 8.05. The van der Waals surface area contributed by atoms with E-state index < -0.39 is 0 Å². The van der Waals surface area contributed by atoms with Crippen LogP contribution in [-0.4, -0.2) is 36.6 Å². The number of nitrogens with zero attached hydrogens (tertiary/aromatic N) is 1. The molecule has 1 aliphatic carbocycles. The van der Waals surface area contributed by atoms with Crippen molar-refractivity contribution in [2.75, 3.05) is 19.6 Å². The Hall–Kier alpha value is -0.0800. The van der Waals surface area contributed by atoms with Gasteiger partial charge in [0.25, 0.3) is 0 Å². The molecule has 0 radical (unpaired) electrons. The molecule has 2 nitrogen and oxygen atoms in total. The summed E-state index contributed by atoms with van der Waals surface area (Å²) in [5.41, 5.74) is 0. The van der Waals surface area contributed by atoms with Crippen LogP contribution in [0.25, 0.3) is 0 Å². The summed E-state index contributed by atoms with van der Waals surface area (Å²) in [6.07, 6.45) is 5.64. The normalized spacial score (nSPS) is 26.5. The third-order valence-electron chi connectivity index (χ3n) is 3.16. The van der Waals surface area contributed by atoms with E-state index in [0.717, 1.165) is 12.1 Å². The van der Waals surface area contributed by atoms with Crippen molar-refractivity contribution >= 4 is 0 Å². The van der Waals surface area contributed by atoms with Gasteiger partial charge in [-0.05, 0) is 45.3 Å². The summed E-state index contributed by atoms with van der Waals surface area (Å²) in [6, 6.07) is 1.85. The number of rotatable bonds is 3. The Balaban J connectivity index is 1.85. The first-order chi connectivity index (χ1) is 5.92. The minimum atomic E-state index is 0.892. The van der Waals surface area contributed by atoms with Crippen LogP contribution in [0.15, 0.2) is 0 Å². The fraction of sp³-hybridized carbons (Fsp3) is 1.00. The fourth-order valence-electron chi connectivity index (χ4n) is 2.36. The molecule has 2 fully saturated rings. The van der Waals surface area contributed by atoms with Gasteiger partial charge in [0, 0.05) is 12.1 Å². The first-order valence-corrected chi connectivity index (χ1v) is 5.38. The van der Waals surface area contributed by atoms with Crippen molar-refractivity contribution in [1.29, 1.82) is 0 Å². The van der Waals surface area contributed by atoms with Crippen molar-refractivity contribution < 1.29 is 0 Å². The standard InChI is InChI=1S/C10H20N2/c1-2-12(9-3-4-9)10-5-7-11-8-6-10/h9-11H,2-8H2,1H3. The van der Waals surface area contributed by atoms with Crippen LogP contribution in [0.1, 0.15) is 32.6 Å². The van der Waals surface area contributed by atoms with Crippen LogP contribution in [0.4, 0.5) is 0 Å². The van der Waals surface area contributed by atoms with Crippen molar-refractivity contribution in [3.8, 4) is 0 Å². The summed E-state index contributed by atoms with van der Waals surface area (Å²) >= 11 is 0. The number of hydrogen-bond acceptors (Lipinski definition) is 2. The predicted octanol–water partition coefficient (Wildman–Crippen LogP) is 1.22. The number of nitrogens with one attached hydrogen (secondary N) is 1. The molecule has 0 spiro atoms. The lowest BCUT2D eigenvalue weighted by Gasteiger charge is -2.33. The van der Waals surface area contributed by atoms with Crippen molar-refractivity contribution in [2.24, 2.45) is 0 Å². The highest BCUT2D eigenvalue weighted by Crippen LogP contribution is 2.30. The smallest absolute Gasteiger partial charge is 0.0122 e. The molecule has 2 aliphatic rings. The molecule has 12 heavy (non-hydrogen) atoms. The molecule has 0 amide bonds. The molecule has 1 aliphatic heterocycles. The fourth-order valence-corrected chi connectivity index (χ4v) is 2.36. The predicted molar refractivity (Wildman–Crippen MR) is 51.3 cm³/mol. The highest BCUT2D eigenvalue weighted by molar-refractivity contribution is 4.89. The van der Waals surface area contributed by atoms with Crippen molar-refractivity contribution in [3.05, 3.63) is 0 Å². The number of piperidine rings is 1. The van der Waals surface area contributed by atoms with Gasteiger partial charge in [0.05, 0.1) is 0 Å². The molecule has 1 heterocycles. The van der Waals surface area contributed by atoms with Gasteiger partial charge in [0.15, 0.2) is 0 Å². The Morgan fingerprint density at radius 2 is 1.67 bits per heavy atom. The monoisotopic (exact) mass is 168 g/mol. The van der Waals surface area contributed by atoms with Crippen molar-refractivity contribution in [3.63, 3.8) is 0 Å². The van der Waals surface area contributed by atoms with Gasteiger partial charge in [-0.25, -0.2) is 0 Å². The van der Waals surface area contributed by atoms with E-state index in [4.69, 9.17) is 0 Å². The second-order valence-electron chi connectivity index (χ2n) is 4.04. The van der Waals surface area contributed by atoms with E-state index in [0.29, 0.717) is 0 Å². The van der Waals surface area contributed by atoms with Gasteiger partial charge >= 0.3 is 0 Å². The molecule has 1 saturated heterocycles. The van der Waals surface area contributed by atoms with E-state index in [2.05, 4.69) is 17.1 Å². The van der Waals surface area contributed by atoms with Crippen LogP contribution in [0, 0.1) is 0 Å². The summed E-state index contributed by atoms with van der Waals surface area (Å²) in [5.74, 6) is 0. The molecule has 0 atom stereocenters. The highest BCUT2D eigenvalue weighted by Gasteiger charge is 2.32. The van der Waals surface area contributed by atoms with Crippen LogP contribution in [-0.2, 0) is 0 Å². The zero-order valence-electron chi connectivity index (χ0n) is 8.05. The topological polar surface area (TPSA) is 15.3 Å². The van der Waals surface area contributed by atoms with Gasteiger partial charge in [-0.3, -0.25) is 4.90 Å². The van der Waals surface area contributed by atoms with E-state index in [1.807, 2.05) is 0 Å². The lowest BCUT2D eigenvalue weighted by Crippen LogP contribution is -2.44. The molecular formula is C10H20N2. The maximum absolute atomic E-state index is 3.43. The van der Waals surface area contributed by atoms with E-state index in [1.165, 1.54) is 45.3 Å². The minimum Gasteiger partial charge on any atom is -0.317 e. The minimum absolute atomic E-state index is 0.892. The Kier molecular flexibility index (Phi) is 2.66. The second-order valence-corrected chi connectivity index (χ2v) is 4.04. The van der Waals surface area contributed by atoms with Crippen LogP contribution < -0.4 is 5.32 Å². The van der Waals surface area contributed by atoms with Crippen molar-refractivity contribution in [2.45, 2.75) is 44.7 Å². The van der Waals surface area contributed by atoms with Gasteiger partial charge in [-0.15, -0.1) is 0 Å². The summed E-state index contributed by atoms with van der Waals surface area (Å²) in [5, 5.41) is 3.43. The third-order valence-corrected chi connectivity index (χ3v) is 3.16. The van der Waals surface area contributed by atoms with Gasteiger partial charge in [-0.2, -0.15) is 0 Å². The average molecular weight is 168 g/mol. The molecular weight excluding hydrogens is 148 g/mol. The average Bonchev–Trinajstić information content (AvgIpc) is 2.92. The lowest BCUT2D eigenvalue weighted by atomic mass is 10.0. The van der Waals surface area contributed by atoms with Crippen LogP contribution in [0.5, 0.6) is 0 Å². The van der Waals surface area contributed by atoms with Gasteiger partial charge in [-0.1, -0.05) is 6.92 Å². The molecule has 1 N–H and O–H groups in total. The first kappa shape index (κ1) is 8.52. The first-order valence-electron chi connectivity index (χ1n) is 5.38. The molecule has 70 valence electrons. The summed E-state index contributed by atoms with van der Waals surface area (Å²) < 4.78 is 0. The summed E-state index contributed by atoms with van der Waals surface area (Å²) in [4.78, 5) is 2.72. The zero-order chi connectivity index (χ0) is 8.39. The van der Waals surface area contributed by atoms with E-state index in [9.17, 15) is 0 Å². The summed E-state index contributed by atoms with van der Waals surface area (Å²) in [7, 11) is 0. The third kappa shape index (κ3) is 1.80. The van der Waals surface area contributed by atoms with Gasteiger partial charge < -0.3 is 5.32 Å². The van der Waals surface area contributed by atoms with Crippen molar-refractivity contribution in [1.82, 2.24) is 10.2 Å². The molecule has 0 unspecified atom stereocenters. The molecule has 0 aromatic rings. The van der Waals surface area contributed by atoms with Gasteiger partial charge in [0.2, 0.25) is 0 Å². The molecule has 0 bridgehead atoms. The van der Waals surface area contributed by atoms with Crippen LogP contribution in [0.3, 0.4) is 0 Å². The Labute approximate surface area is 75.3 Å². The SMILES string of the molecule is CCN(C1CCNCC1)C1CC1. The van der Waals surface area contributed by atoms with Crippen LogP contribution >= 0.6 is 0 Å². The Bertz CT molecular complexity index is 137. The maximum atomic E-state index is 3.43. The quantitative estimate of drug-likeness (QED) is 0.681. The Morgan fingerprint density at radius 1 is 1.08 bits per heavy atom. The molecule has 2 rings (SSSR count). The highest BCUT2D eigenvalue weighted by atomic mass is 15.2. The van der Waals surface area contributed by atoms with E-state index in [1.54, 1.807) is 0 Å². The van der Waals surface area contributed by atoms with E-state index in [-0.39, 0.29) is 0 Å². The van der Waals surface area contributed by atoms with Gasteiger partial charge in [0.1, 0.15) is 0 Å². The second kappa shape index (κ2) is 3.75. The Morgan fingerprint density at radius 3 is 2.17 bits per heavy atom. The molecule has 0 aromatic heterocycles. The summed E-state index contributed by atoms with van der Waals surface area (Å²) in [6.45, 7) is 6.03. The van der Waals surface area contributed by atoms with Crippen LogP contribution in [0.2, 0.25) is 0 Å².